The lowest BCUT2D eigenvalue weighted by atomic mass is 10.1. The normalized spacial score (nSPS) is 15.4. The van der Waals surface area contributed by atoms with Crippen LogP contribution in [-0.2, 0) is 0 Å². The van der Waals surface area contributed by atoms with Crippen LogP contribution in [0.15, 0.2) is 58.9 Å². The van der Waals surface area contributed by atoms with Gasteiger partial charge in [-0.2, -0.15) is 5.26 Å². The van der Waals surface area contributed by atoms with Crippen LogP contribution in [-0.4, -0.2) is 5.90 Å². The lowest BCUT2D eigenvalue weighted by Crippen LogP contribution is -2.22. The summed E-state index contributed by atoms with van der Waals surface area (Å²) >= 11 is 7.52. The average molecular weight is 384 g/mol. The van der Waals surface area contributed by atoms with Gasteiger partial charge in [-0.05, 0) is 47.3 Å². The second-order valence-corrected chi connectivity index (χ2v) is 6.91. The molecule has 1 aliphatic rings. The van der Waals surface area contributed by atoms with Crippen molar-refractivity contribution in [2.75, 3.05) is 5.32 Å². The third kappa shape index (κ3) is 3.15. The summed E-state index contributed by atoms with van der Waals surface area (Å²) < 4.78 is 20.0. The summed E-state index contributed by atoms with van der Waals surface area (Å²) in [7, 11) is 0. The van der Waals surface area contributed by atoms with E-state index in [9.17, 15) is 4.39 Å². The van der Waals surface area contributed by atoms with Gasteiger partial charge >= 0.3 is 0 Å². The minimum absolute atomic E-state index is 0.0221. The van der Waals surface area contributed by atoms with Crippen molar-refractivity contribution in [2.24, 2.45) is 4.99 Å². The number of ether oxygens (including phenoxy) is 1. The molecule has 4 nitrogen and oxygen atoms in total. The first kappa shape index (κ1) is 16.6. The maximum atomic E-state index is 14.2. The number of anilines is 1. The summed E-state index contributed by atoms with van der Waals surface area (Å²) in [5.41, 5.74) is 1.96. The molecule has 0 aliphatic carbocycles. The smallest absolute Gasteiger partial charge is 0.236 e. The SMILES string of the molecule is N#Cc1ccc(OC2=NC(c3cccc(Cl)c3)Nc3ccsc32)c(F)c1. The summed E-state index contributed by atoms with van der Waals surface area (Å²) in [5.74, 6) is -0.265. The fourth-order valence-electron chi connectivity index (χ4n) is 2.61. The number of nitrogens with one attached hydrogen (secondary N) is 1. The molecule has 0 spiro atoms. The number of fused-ring (bicyclic) bond motifs is 1. The van der Waals surface area contributed by atoms with E-state index in [1.807, 2.05) is 35.7 Å². The number of nitriles is 1. The van der Waals surface area contributed by atoms with E-state index in [0.29, 0.717) is 10.9 Å². The van der Waals surface area contributed by atoms with Crippen molar-refractivity contribution < 1.29 is 9.13 Å². The molecule has 1 atom stereocenters. The van der Waals surface area contributed by atoms with Crippen LogP contribution in [0.3, 0.4) is 0 Å². The van der Waals surface area contributed by atoms with Gasteiger partial charge in [0, 0.05) is 5.02 Å². The number of nitrogens with zero attached hydrogens (tertiary/aromatic N) is 2. The number of hydrogen-bond donors (Lipinski definition) is 1. The second kappa shape index (κ2) is 6.79. The molecule has 0 amide bonds. The van der Waals surface area contributed by atoms with Crippen molar-refractivity contribution in [3.05, 3.63) is 80.8 Å². The van der Waals surface area contributed by atoms with E-state index in [1.54, 1.807) is 6.07 Å². The van der Waals surface area contributed by atoms with Crippen molar-refractivity contribution in [3.63, 3.8) is 0 Å². The average Bonchev–Trinajstić information content (AvgIpc) is 3.12. The molecule has 2 heterocycles. The molecule has 1 aromatic heterocycles. The third-order valence-corrected chi connectivity index (χ3v) is 4.97. The molecule has 4 rings (SSSR count). The van der Waals surface area contributed by atoms with Crippen LogP contribution in [0, 0.1) is 17.1 Å². The van der Waals surface area contributed by atoms with Crippen molar-refractivity contribution in [1.29, 1.82) is 5.26 Å². The van der Waals surface area contributed by atoms with E-state index in [2.05, 4.69) is 10.3 Å². The van der Waals surface area contributed by atoms with E-state index in [0.717, 1.165) is 22.2 Å². The van der Waals surface area contributed by atoms with Gasteiger partial charge in [0.05, 0.1) is 17.3 Å². The van der Waals surface area contributed by atoms with E-state index in [1.165, 1.54) is 23.5 Å². The molecule has 0 bridgehead atoms. The Balaban J connectivity index is 1.71. The zero-order chi connectivity index (χ0) is 18.1. The fraction of sp³-hybridized carbons (Fsp3) is 0.0526. The highest BCUT2D eigenvalue weighted by Gasteiger charge is 2.25. The van der Waals surface area contributed by atoms with Gasteiger partial charge in [-0.3, -0.25) is 0 Å². The van der Waals surface area contributed by atoms with Crippen LogP contribution >= 0.6 is 22.9 Å². The van der Waals surface area contributed by atoms with Crippen LogP contribution in [0.5, 0.6) is 5.75 Å². The van der Waals surface area contributed by atoms with Crippen LogP contribution in [0.25, 0.3) is 0 Å². The van der Waals surface area contributed by atoms with Crippen LogP contribution in [0.4, 0.5) is 10.1 Å². The maximum absolute atomic E-state index is 14.2. The third-order valence-electron chi connectivity index (χ3n) is 3.83. The molecule has 7 heteroatoms. The predicted octanol–water partition coefficient (Wildman–Crippen LogP) is 5.36. The van der Waals surface area contributed by atoms with Gasteiger partial charge in [-0.1, -0.05) is 23.7 Å². The zero-order valence-electron chi connectivity index (χ0n) is 13.2. The van der Waals surface area contributed by atoms with Gasteiger partial charge in [0.1, 0.15) is 11.0 Å². The number of aliphatic imine (C=N–C) groups is 1. The molecule has 26 heavy (non-hydrogen) atoms. The Morgan fingerprint density at radius 2 is 2.12 bits per heavy atom. The largest absolute Gasteiger partial charge is 0.435 e. The van der Waals surface area contributed by atoms with Gasteiger partial charge < -0.3 is 10.1 Å². The van der Waals surface area contributed by atoms with Crippen LogP contribution < -0.4 is 10.1 Å². The first-order chi connectivity index (χ1) is 12.6. The monoisotopic (exact) mass is 383 g/mol. The van der Waals surface area contributed by atoms with Crippen LogP contribution in [0.2, 0.25) is 5.02 Å². The summed E-state index contributed by atoms with van der Waals surface area (Å²) in [6, 6.07) is 15.3. The minimum Gasteiger partial charge on any atom is -0.435 e. The first-order valence-corrected chi connectivity index (χ1v) is 8.95. The van der Waals surface area contributed by atoms with Crippen molar-refractivity contribution in [1.82, 2.24) is 0 Å². The second-order valence-electron chi connectivity index (χ2n) is 5.56. The van der Waals surface area contributed by atoms with Crippen molar-refractivity contribution >= 4 is 34.5 Å². The number of halogens is 2. The molecule has 2 aromatic carbocycles. The summed E-state index contributed by atoms with van der Waals surface area (Å²) in [4.78, 5) is 5.37. The van der Waals surface area contributed by atoms with Gasteiger partial charge in [0.25, 0.3) is 0 Å². The topological polar surface area (TPSA) is 57.4 Å². The molecule has 0 saturated carbocycles. The molecule has 0 fully saturated rings. The molecular formula is C19H11ClFN3OS. The lowest BCUT2D eigenvalue weighted by Gasteiger charge is -2.23. The standard InChI is InChI=1S/C19H11ClFN3OS/c20-13-3-1-2-12(9-13)18-23-15-6-7-26-17(15)19(24-18)25-16-5-4-11(10-22)8-14(16)21/h1-9,18,23H. The maximum Gasteiger partial charge on any atom is 0.236 e. The predicted molar refractivity (Wildman–Crippen MR) is 100 cm³/mol. The Hall–Kier alpha value is -2.88. The molecule has 1 unspecified atom stereocenters. The summed E-state index contributed by atoms with van der Waals surface area (Å²) in [5, 5.41) is 14.7. The van der Waals surface area contributed by atoms with Crippen LogP contribution in [0.1, 0.15) is 22.2 Å². The number of thiophene rings is 1. The fourth-order valence-corrected chi connectivity index (χ4v) is 3.60. The molecule has 128 valence electrons. The Labute approximate surface area is 158 Å². The zero-order valence-corrected chi connectivity index (χ0v) is 14.8. The van der Waals surface area contributed by atoms with Crippen molar-refractivity contribution in [3.8, 4) is 11.8 Å². The lowest BCUT2D eigenvalue weighted by molar-refractivity contribution is 0.486. The first-order valence-electron chi connectivity index (χ1n) is 7.69. The number of benzene rings is 2. The highest BCUT2D eigenvalue weighted by molar-refractivity contribution is 7.12. The molecule has 0 saturated heterocycles. The highest BCUT2D eigenvalue weighted by atomic mass is 35.5. The molecular weight excluding hydrogens is 373 g/mol. The van der Waals surface area contributed by atoms with Gasteiger partial charge in [-0.25, -0.2) is 9.38 Å². The van der Waals surface area contributed by atoms with E-state index < -0.39 is 12.0 Å². The Morgan fingerprint density at radius 1 is 1.23 bits per heavy atom. The highest BCUT2D eigenvalue weighted by Crippen LogP contribution is 2.35. The Kier molecular flexibility index (Phi) is 4.33. The molecule has 1 N–H and O–H groups in total. The molecule has 3 aromatic rings. The minimum atomic E-state index is -0.609. The number of hydrogen-bond acceptors (Lipinski definition) is 5. The molecule has 1 aliphatic heterocycles. The Bertz CT molecular complexity index is 1060. The summed E-state index contributed by atoms with van der Waals surface area (Å²) in [6.45, 7) is 0. The molecule has 0 radical (unpaired) electrons. The van der Waals surface area contributed by atoms with Gasteiger partial charge in [-0.15, -0.1) is 11.3 Å². The Morgan fingerprint density at radius 3 is 2.88 bits per heavy atom. The van der Waals surface area contributed by atoms with Crippen molar-refractivity contribution in [2.45, 2.75) is 6.17 Å². The number of rotatable bonds is 2. The summed E-state index contributed by atoms with van der Waals surface area (Å²) in [6.07, 6.45) is -0.396. The van der Waals surface area contributed by atoms with E-state index >= 15 is 0 Å². The van der Waals surface area contributed by atoms with Gasteiger partial charge in [0.15, 0.2) is 11.6 Å². The van der Waals surface area contributed by atoms with E-state index in [4.69, 9.17) is 21.6 Å². The quantitative estimate of drug-likeness (QED) is 0.647. The van der Waals surface area contributed by atoms with Gasteiger partial charge in [0.2, 0.25) is 5.90 Å². The van der Waals surface area contributed by atoms with E-state index in [-0.39, 0.29) is 11.3 Å².